The average molecular weight is 518 g/mol. The molecule has 1 aliphatic carbocycles. The average Bonchev–Trinajstić information content (AvgIpc) is 3.51. The lowest BCUT2D eigenvalue weighted by Crippen LogP contribution is -2.41. The molecule has 3 aromatic rings. The molecule has 2 amide bonds. The second-order valence-corrected chi connectivity index (χ2v) is 10.8. The van der Waals surface area contributed by atoms with Gasteiger partial charge in [0.1, 0.15) is 0 Å². The first-order valence-electron chi connectivity index (χ1n) is 13.7. The predicted molar refractivity (Wildman–Crippen MR) is 146 cm³/mol. The van der Waals surface area contributed by atoms with Crippen molar-refractivity contribution in [3.05, 3.63) is 64.2 Å². The molecule has 0 fully saturated rings. The molecule has 5 rings (SSSR count). The number of hydrogen-bond donors (Lipinski definition) is 1. The summed E-state index contributed by atoms with van der Waals surface area (Å²) >= 11 is 0. The largest absolute Gasteiger partial charge is 0.351 e. The van der Waals surface area contributed by atoms with Gasteiger partial charge in [0, 0.05) is 69.2 Å². The zero-order valence-electron chi connectivity index (χ0n) is 23.0. The molecule has 2 bridgehead atoms. The third kappa shape index (κ3) is 5.53. The number of carbonyl (C=O) groups is 2. The Hall–Kier alpha value is -3.46. The minimum absolute atomic E-state index is 0.100. The number of carbonyl (C=O) groups excluding carboxylic acids is 2. The Morgan fingerprint density at radius 2 is 1.87 bits per heavy atom. The number of amides is 2. The van der Waals surface area contributed by atoms with Crippen molar-refractivity contribution < 1.29 is 9.59 Å². The lowest BCUT2D eigenvalue weighted by molar-refractivity contribution is -0.132. The van der Waals surface area contributed by atoms with Crippen LogP contribution in [0, 0.1) is 13.8 Å². The number of likely N-dealkylation sites (N-methyl/N-ethyl adjacent to an activating group) is 1. The van der Waals surface area contributed by atoms with Gasteiger partial charge < -0.3 is 10.2 Å². The van der Waals surface area contributed by atoms with Gasteiger partial charge in [0.15, 0.2) is 5.69 Å². The number of aromatic nitrogens is 4. The molecular formula is C29H39N7O2. The molecule has 1 aromatic carbocycles. The molecule has 9 nitrogen and oxygen atoms in total. The van der Waals surface area contributed by atoms with E-state index in [4.69, 9.17) is 0 Å². The summed E-state index contributed by atoms with van der Waals surface area (Å²) in [7, 11) is 3.81. The fraction of sp³-hybridized carbons (Fsp3) is 0.517. The van der Waals surface area contributed by atoms with Crippen LogP contribution in [0.2, 0.25) is 0 Å². The van der Waals surface area contributed by atoms with Gasteiger partial charge in [-0.1, -0.05) is 6.07 Å². The number of aryl methyl sites for hydroxylation is 3. The van der Waals surface area contributed by atoms with Gasteiger partial charge in [-0.3, -0.25) is 19.2 Å². The summed E-state index contributed by atoms with van der Waals surface area (Å²) in [6.45, 7) is 7.21. The van der Waals surface area contributed by atoms with Crippen LogP contribution in [0.4, 0.5) is 0 Å². The molecule has 1 atom stereocenters. The van der Waals surface area contributed by atoms with Crippen LogP contribution in [0.1, 0.15) is 64.1 Å². The molecule has 2 aliphatic rings. The number of benzene rings is 1. The maximum Gasteiger partial charge on any atom is 0.272 e. The minimum Gasteiger partial charge on any atom is -0.351 e. The fourth-order valence-corrected chi connectivity index (χ4v) is 5.69. The molecule has 1 N–H and O–H groups in total. The van der Waals surface area contributed by atoms with Crippen molar-refractivity contribution in [1.82, 2.24) is 34.7 Å². The van der Waals surface area contributed by atoms with Crippen molar-refractivity contribution in [2.45, 2.75) is 65.0 Å². The van der Waals surface area contributed by atoms with Crippen LogP contribution < -0.4 is 5.32 Å². The van der Waals surface area contributed by atoms with Gasteiger partial charge in [0.2, 0.25) is 5.91 Å². The maximum atomic E-state index is 13.1. The second kappa shape index (κ2) is 11.1. The molecule has 0 spiro atoms. The van der Waals surface area contributed by atoms with Gasteiger partial charge in [-0.2, -0.15) is 10.2 Å². The molecule has 0 radical (unpaired) electrons. The monoisotopic (exact) mass is 517 g/mol. The van der Waals surface area contributed by atoms with E-state index in [0.29, 0.717) is 25.1 Å². The van der Waals surface area contributed by atoms with Gasteiger partial charge in [0.05, 0.1) is 11.9 Å². The third-order valence-corrected chi connectivity index (χ3v) is 8.18. The molecular weight excluding hydrogens is 478 g/mol. The van der Waals surface area contributed by atoms with E-state index in [1.165, 1.54) is 11.1 Å². The van der Waals surface area contributed by atoms with Crippen LogP contribution in [-0.4, -0.2) is 73.9 Å². The summed E-state index contributed by atoms with van der Waals surface area (Å²) in [4.78, 5) is 30.4. The smallest absolute Gasteiger partial charge is 0.272 e. The van der Waals surface area contributed by atoms with E-state index in [0.717, 1.165) is 67.8 Å². The normalized spacial score (nSPS) is 19.7. The number of rotatable bonds is 3. The number of fused-ring (bicyclic) bond motifs is 1. The lowest BCUT2D eigenvalue weighted by atomic mass is 9.90. The van der Waals surface area contributed by atoms with Crippen LogP contribution in [-0.2, 0) is 31.2 Å². The maximum absolute atomic E-state index is 13.1. The van der Waals surface area contributed by atoms with E-state index in [1.54, 1.807) is 0 Å². The Morgan fingerprint density at radius 3 is 2.68 bits per heavy atom. The molecule has 0 saturated heterocycles. The van der Waals surface area contributed by atoms with E-state index in [-0.39, 0.29) is 17.9 Å². The third-order valence-electron chi connectivity index (χ3n) is 8.18. The number of hydrogen-bond acceptors (Lipinski definition) is 5. The highest BCUT2D eigenvalue weighted by molar-refractivity contribution is 5.94. The summed E-state index contributed by atoms with van der Waals surface area (Å²) in [6.07, 6.45) is 8.57. The van der Waals surface area contributed by atoms with Crippen molar-refractivity contribution in [2.24, 2.45) is 7.05 Å². The minimum atomic E-state index is -0.118. The van der Waals surface area contributed by atoms with Crippen LogP contribution in [0.3, 0.4) is 0 Å². The Kier molecular flexibility index (Phi) is 7.65. The number of nitrogens with one attached hydrogen (secondary N) is 1. The first-order valence-corrected chi connectivity index (χ1v) is 13.7. The first kappa shape index (κ1) is 26.2. The van der Waals surface area contributed by atoms with E-state index < -0.39 is 0 Å². The SMILES string of the molecule is Cc1ccc(-n2cc(CN3CCCNC(=O)c4nn(C)c5c4CC(CC5)N(C)C(=O)CCC3)cn2)cc1C. The van der Waals surface area contributed by atoms with Gasteiger partial charge in [-0.05, 0) is 75.8 Å². The zero-order chi connectivity index (χ0) is 26.8. The van der Waals surface area contributed by atoms with Gasteiger partial charge in [0.25, 0.3) is 5.91 Å². The lowest BCUT2D eigenvalue weighted by Gasteiger charge is -2.32. The summed E-state index contributed by atoms with van der Waals surface area (Å²) in [6, 6.07) is 6.47. The van der Waals surface area contributed by atoms with E-state index in [1.807, 2.05) is 34.6 Å². The van der Waals surface area contributed by atoms with Gasteiger partial charge in [-0.25, -0.2) is 4.68 Å². The quantitative estimate of drug-likeness (QED) is 0.577. The highest BCUT2D eigenvalue weighted by Crippen LogP contribution is 2.27. The van der Waals surface area contributed by atoms with Crippen LogP contribution in [0.25, 0.3) is 5.69 Å². The second-order valence-electron chi connectivity index (χ2n) is 10.8. The summed E-state index contributed by atoms with van der Waals surface area (Å²) in [5.74, 6) is 0.0540. The molecule has 38 heavy (non-hydrogen) atoms. The summed E-state index contributed by atoms with van der Waals surface area (Å²) < 4.78 is 3.76. The Morgan fingerprint density at radius 1 is 1.05 bits per heavy atom. The summed E-state index contributed by atoms with van der Waals surface area (Å²) in [5, 5.41) is 12.2. The predicted octanol–water partition coefficient (Wildman–Crippen LogP) is 2.95. The van der Waals surface area contributed by atoms with E-state index in [9.17, 15) is 9.59 Å². The van der Waals surface area contributed by atoms with Crippen molar-refractivity contribution in [3.8, 4) is 5.69 Å². The first-order chi connectivity index (χ1) is 18.3. The van der Waals surface area contributed by atoms with Crippen molar-refractivity contribution in [2.75, 3.05) is 26.7 Å². The Bertz CT molecular complexity index is 1320. The highest BCUT2D eigenvalue weighted by atomic mass is 16.2. The van der Waals surface area contributed by atoms with Crippen LogP contribution in [0.15, 0.2) is 30.6 Å². The molecule has 0 saturated carbocycles. The molecule has 2 aromatic heterocycles. The van der Waals surface area contributed by atoms with Crippen molar-refractivity contribution in [3.63, 3.8) is 0 Å². The summed E-state index contributed by atoms with van der Waals surface area (Å²) in [5.41, 5.74) is 7.32. The van der Waals surface area contributed by atoms with Gasteiger partial charge in [-0.15, -0.1) is 0 Å². The van der Waals surface area contributed by atoms with Crippen LogP contribution >= 0.6 is 0 Å². The molecule has 202 valence electrons. The molecule has 1 aliphatic heterocycles. The molecule has 9 heteroatoms. The molecule has 3 heterocycles. The highest BCUT2D eigenvalue weighted by Gasteiger charge is 2.31. The van der Waals surface area contributed by atoms with Crippen LogP contribution in [0.5, 0.6) is 0 Å². The van der Waals surface area contributed by atoms with Gasteiger partial charge >= 0.3 is 0 Å². The topological polar surface area (TPSA) is 88.3 Å². The number of nitrogens with zero attached hydrogens (tertiary/aromatic N) is 6. The van der Waals surface area contributed by atoms with Crippen molar-refractivity contribution in [1.29, 1.82) is 0 Å². The Balaban J connectivity index is 1.29. The van der Waals surface area contributed by atoms with Crippen molar-refractivity contribution >= 4 is 11.8 Å². The van der Waals surface area contributed by atoms with E-state index in [2.05, 4.69) is 58.7 Å². The zero-order valence-corrected chi connectivity index (χ0v) is 23.0. The van der Waals surface area contributed by atoms with E-state index >= 15 is 0 Å². The standard InChI is InChI=1S/C29H39N7O2/c1-20-8-9-24(15-21(20)2)36-19-22(17-31-36)18-35-13-5-7-27(37)33(3)23-10-11-26-25(16-23)28(32-34(26)4)29(38)30-12-6-14-35/h8-9,15,17,19,23H,5-7,10-14,16,18H2,1-4H3,(H,30,38). The fourth-order valence-electron chi connectivity index (χ4n) is 5.69. The Labute approximate surface area is 224 Å². The molecule has 1 unspecified atom stereocenters.